The minimum Gasteiger partial charge on any atom is -0.400 e. The summed E-state index contributed by atoms with van der Waals surface area (Å²) >= 11 is 0. The average Bonchev–Trinajstić information content (AvgIpc) is 2.76. The maximum atomic E-state index is 6.32. The van der Waals surface area contributed by atoms with Crippen LogP contribution in [0.3, 0.4) is 0 Å². The Labute approximate surface area is 156 Å². The van der Waals surface area contributed by atoms with Gasteiger partial charge in [-0.25, -0.2) is 0 Å². The highest BCUT2D eigenvalue weighted by molar-refractivity contribution is 6.54. The first-order valence-electron chi connectivity index (χ1n) is 10.8. The van der Waals surface area contributed by atoms with Crippen molar-refractivity contribution in [2.24, 2.45) is 17.8 Å². The van der Waals surface area contributed by atoms with Crippen LogP contribution in [0.2, 0.25) is 0 Å². The molecule has 1 saturated heterocycles. The Hall–Kier alpha value is -0.275. The summed E-state index contributed by atoms with van der Waals surface area (Å²) < 4.78 is 12.6. The zero-order chi connectivity index (χ0) is 18.2. The summed E-state index contributed by atoms with van der Waals surface area (Å²) in [7, 11) is -0.119. The molecule has 1 unspecified atom stereocenters. The second-order valence-corrected chi connectivity index (χ2v) is 9.97. The van der Waals surface area contributed by atoms with Gasteiger partial charge in [-0.2, -0.15) is 0 Å². The lowest BCUT2D eigenvalue weighted by Crippen LogP contribution is -2.41. The van der Waals surface area contributed by atoms with Gasteiger partial charge in [0.1, 0.15) is 0 Å². The molecule has 1 saturated carbocycles. The first-order valence-corrected chi connectivity index (χ1v) is 10.8. The Bertz CT molecular complexity index is 484. The largest absolute Gasteiger partial charge is 0.490 e. The molecule has 0 aromatic heterocycles. The van der Waals surface area contributed by atoms with Gasteiger partial charge in [0.25, 0.3) is 0 Å². The lowest BCUT2D eigenvalue weighted by atomic mass is 9.63. The summed E-state index contributed by atoms with van der Waals surface area (Å²) in [5.41, 5.74) is 2.54. The van der Waals surface area contributed by atoms with E-state index in [-0.39, 0.29) is 18.3 Å². The van der Waals surface area contributed by atoms with Crippen molar-refractivity contribution in [3.8, 4) is 0 Å². The number of hydrogen-bond acceptors (Lipinski definition) is 2. The van der Waals surface area contributed by atoms with E-state index in [1.807, 2.05) is 0 Å². The van der Waals surface area contributed by atoms with Crippen molar-refractivity contribution < 1.29 is 9.31 Å². The quantitative estimate of drug-likeness (QED) is 0.553. The van der Waals surface area contributed by atoms with Crippen molar-refractivity contribution in [2.45, 2.75) is 111 Å². The summed E-state index contributed by atoms with van der Waals surface area (Å²) in [5.74, 6) is 2.87. The molecule has 0 aromatic carbocycles. The van der Waals surface area contributed by atoms with Crippen molar-refractivity contribution in [3.05, 3.63) is 11.0 Å². The zero-order valence-electron chi connectivity index (χ0n) is 17.5. The second kappa shape index (κ2) is 7.39. The summed E-state index contributed by atoms with van der Waals surface area (Å²) in [5, 5.41) is 0. The second-order valence-electron chi connectivity index (χ2n) is 9.97. The topological polar surface area (TPSA) is 18.5 Å². The van der Waals surface area contributed by atoms with Crippen LogP contribution in [-0.2, 0) is 9.31 Å². The van der Waals surface area contributed by atoms with Crippen LogP contribution in [0.15, 0.2) is 11.0 Å². The molecule has 3 rings (SSSR count). The van der Waals surface area contributed by atoms with E-state index in [0.717, 1.165) is 17.8 Å². The highest BCUT2D eigenvalue weighted by Crippen LogP contribution is 2.45. The molecule has 3 heteroatoms. The molecule has 25 heavy (non-hydrogen) atoms. The first kappa shape index (κ1) is 19.5. The van der Waals surface area contributed by atoms with E-state index in [9.17, 15) is 0 Å². The summed E-state index contributed by atoms with van der Waals surface area (Å²) in [4.78, 5) is 0. The Morgan fingerprint density at radius 3 is 2.04 bits per heavy atom. The molecule has 0 radical (unpaired) electrons. The van der Waals surface area contributed by atoms with Gasteiger partial charge < -0.3 is 9.31 Å². The van der Waals surface area contributed by atoms with Crippen molar-refractivity contribution in [1.82, 2.24) is 0 Å². The number of hydrogen-bond donors (Lipinski definition) is 0. The minimum absolute atomic E-state index is 0.119. The first-order chi connectivity index (χ1) is 11.7. The van der Waals surface area contributed by atoms with Crippen molar-refractivity contribution >= 4 is 7.12 Å². The maximum absolute atomic E-state index is 6.32. The van der Waals surface area contributed by atoms with Crippen LogP contribution in [0, 0.1) is 17.8 Å². The van der Waals surface area contributed by atoms with Crippen LogP contribution >= 0.6 is 0 Å². The van der Waals surface area contributed by atoms with Gasteiger partial charge in [0, 0.05) is 0 Å². The van der Waals surface area contributed by atoms with Crippen LogP contribution in [-0.4, -0.2) is 18.3 Å². The fraction of sp³-hybridized carbons (Fsp3) is 0.909. The van der Waals surface area contributed by atoms with Crippen LogP contribution in [0.1, 0.15) is 99.3 Å². The molecule has 1 atom stereocenters. The van der Waals surface area contributed by atoms with Crippen molar-refractivity contribution in [3.63, 3.8) is 0 Å². The van der Waals surface area contributed by atoms with E-state index in [1.165, 1.54) is 63.3 Å². The molecular weight excluding hydrogens is 307 g/mol. The van der Waals surface area contributed by atoms with E-state index in [1.54, 1.807) is 5.57 Å². The van der Waals surface area contributed by atoms with E-state index < -0.39 is 0 Å². The van der Waals surface area contributed by atoms with Crippen LogP contribution in [0.5, 0.6) is 0 Å². The lowest BCUT2D eigenvalue weighted by Gasteiger charge is -2.37. The molecule has 2 fully saturated rings. The molecular formula is C22H39BO2. The Morgan fingerprint density at radius 2 is 1.52 bits per heavy atom. The van der Waals surface area contributed by atoms with E-state index >= 15 is 0 Å². The van der Waals surface area contributed by atoms with E-state index in [2.05, 4.69) is 41.5 Å². The van der Waals surface area contributed by atoms with Gasteiger partial charge >= 0.3 is 7.12 Å². The summed E-state index contributed by atoms with van der Waals surface area (Å²) in [6.07, 6.45) is 12.5. The molecule has 0 amide bonds. The molecule has 2 aliphatic carbocycles. The molecule has 142 valence electrons. The third-order valence-electron chi connectivity index (χ3n) is 7.69. The SMILES string of the molecule is CCCC1CCC(C2CCC(B3OC(C)(C)C(C)(C)O3)=C(C)C2)CC1. The van der Waals surface area contributed by atoms with E-state index in [4.69, 9.17) is 9.31 Å². The summed E-state index contributed by atoms with van der Waals surface area (Å²) in [6, 6.07) is 0. The van der Waals surface area contributed by atoms with Crippen molar-refractivity contribution in [1.29, 1.82) is 0 Å². The van der Waals surface area contributed by atoms with E-state index in [0.29, 0.717) is 0 Å². The summed E-state index contributed by atoms with van der Waals surface area (Å²) in [6.45, 7) is 13.3. The zero-order valence-corrected chi connectivity index (χ0v) is 17.5. The maximum Gasteiger partial charge on any atom is 0.490 e. The van der Waals surface area contributed by atoms with Gasteiger partial charge in [-0.15, -0.1) is 0 Å². The highest BCUT2D eigenvalue weighted by Gasteiger charge is 2.53. The highest BCUT2D eigenvalue weighted by atomic mass is 16.7. The molecule has 0 N–H and O–H groups in total. The molecule has 3 aliphatic rings. The molecule has 0 aromatic rings. The predicted octanol–water partition coefficient (Wildman–Crippen LogP) is 6.34. The minimum atomic E-state index is -0.223. The van der Waals surface area contributed by atoms with Crippen LogP contribution in [0.25, 0.3) is 0 Å². The Balaban J connectivity index is 1.59. The third-order valence-corrected chi connectivity index (χ3v) is 7.69. The van der Waals surface area contributed by atoms with Crippen molar-refractivity contribution in [2.75, 3.05) is 0 Å². The predicted molar refractivity (Wildman–Crippen MR) is 106 cm³/mol. The number of rotatable bonds is 4. The molecule has 0 bridgehead atoms. The van der Waals surface area contributed by atoms with Gasteiger partial charge in [-0.3, -0.25) is 0 Å². The fourth-order valence-corrected chi connectivity index (χ4v) is 5.24. The normalized spacial score (nSPS) is 35.3. The van der Waals surface area contributed by atoms with Crippen LogP contribution < -0.4 is 0 Å². The average molecular weight is 346 g/mol. The van der Waals surface area contributed by atoms with Gasteiger partial charge in [-0.1, -0.05) is 38.2 Å². The lowest BCUT2D eigenvalue weighted by molar-refractivity contribution is 0.00578. The molecule has 2 nitrogen and oxygen atoms in total. The Morgan fingerprint density at radius 1 is 0.920 bits per heavy atom. The fourth-order valence-electron chi connectivity index (χ4n) is 5.24. The number of allylic oxidation sites excluding steroid dienone is 2. The Kier molecular flexibility index (Phi) is 5.76. The third kappa shape index (κ3) is 4.03. The molecule has 0 spiro atoms. The molecule has 1 heterocycles. The van der Waals surface area contributed by atoms with Gasteiger partial charge in [0.15, 0.2) is 0 Å². The van der Waals surface area contributed by atoms with Gasteiger partial charge in [0.2, 0.25) is 0 Å². The standard InChI is InChI=1S/C22H39BO2/c1-7-8-17-9-11-18(12-10-17)19-13-14-20(16(2)15-19)23-24-21(3,4)22(5,6)25-23/h17-19H,7-15H2,1-6H3. The van der Waals surface area contributed by atoms with Gasteiger partial charge in [-0.05, 0) is 89.9 Å². The van der Waals surface area contributed by atoms with Gasteiger partial charge in [0.05, 0.1) is 11.2 Å². The van der Waals surface area contributed by atoms with Crippen LogP contribution in [0.4, 0.5) is 0 Å². The monoisotopic (exact) mass is 346 g/mol. The molecule has 1 aliphatic heterocycles. The smallest absolute Gasteiger partial charge is 0.400 e.